The van der Waals surface area contributed by atoms with Crippen molar-refractivity contribution in [3.05, 3.63) is 81.4 Å². The number of rotatable bonds is 5. The first-order valence-electron chi connectivity index (χ1n) is 11.4. The molecule has 1 aliphatic rings. The van der Waals surface area contributed by atoms with Crippen LogP contribution >= 0.6 is 0 Å². The van der Waals surface area contributed by atoms with Crippen molar-refractivity contribution in [2.45, 2.75) is 66.3 Å². The average Bonchev–Trinajstić information content (AvgIpc) is 3.45. The maximum Gasteiger partial charge on any atom is 0.205 e. The van der Waals surface area contributed by atoms with Crippen LogP contribution in [-0.2, 0) is 0 Å². The van der Waals surface area contributed by atoms with Gasteiger partial charge in [0.15, 0.2) is 0 Å². The number of nitriles is 1. The monoisotopic (exact) mass is 425 g/mol. The Morgan fingerprint density at radius 2 is 1.62 bits per heavy atom. The van der Waals surface area contributed by atoms with Gasteiger partial charge in [0.1, 0.15) is 11.6 Å². The van der Waals surface area contributed by atoms with E-state index in [0.717, 1.165) is 46.9 Å². The number of aryl methyl sites for hydroxylation is 3. The molecule has 3 aromatic rings. The molecule has 0 atom stereocenters. The van der Waals surface area contributed by atoms with Crippen molar-refractivity contribution in [2.24, 2.45) is 0 Å². The number of aromatic nitrogens is 2. The lowest BCUT2D eigenvalue weighted by atomic mass is 10.0. The van der Waals surface area contributed by atoms with Crippen LogP contribution in [0.3, 0.4) is 0 Å². The molecule has 0 aliphatic heterocycles. The van der Waals surface area contributed by atoms with Crippen molar-refractivity contribution in [3.63, 3.8) is 0 Å². The number of allylic oxidation sites excluding steroid dienone is 1. The number of benzene rings is 1. The highest BCUT2D eigenvalue weighted by molar-refractivity contribution is 6.14. The van der Waals surface area contributed by atoms with Crippen molar-refractivity contribution in [2.75, 3.05) is 0 Å². The molecule has 2 aromatic heterocycles. The second-order valence-corrected chi connectivity index (χ2v) is 9.09. The first kappa shape index (κ1) is 21.9. The molecule has 0 saturated heterocycles. The van der Waals surface area contributed by atoms with Crippen LogP contribution in [0, 0.1) is 45.9 Å². The summed E-state index contributed by atoms with van der Waals surface area (Å²) in [7, 11) is 0. The summed E-state index contributed by atoms with van der Waals surface area (Å²) in [4.78, 5) is 13.4. The largest absolute Gasteiger partial charge is 0.345 e. The van der Waals surface area contributed by atoms with Crippen LogP contribution in [0.2, 0.25) is 0 Å². The Morgan fingerprint density at radius 3 is 2.25 bits per heavy atom. The SMILES string of the molecule is Cc1ccc(-n2c(C)cc(/C=C(\C#N)C(=O)c3cc(C)n(C4CCCC4)c3C)c2C)cc1. The maximum atomic E-state index is 13.4. The van der Waals surface area contributed by atoms with E-state index in [1.54, 1.807) is 6.08 Å². The van der Waals surface area contributed by atoms with Gasteiger partial charge in [-0.2, -0.15) is 5.26 Å². The predicted octanol–water partition coefficient (Wildman–Crippen LogP) is 6.73. The fourth-order valence-corrected chi connectivity index (χ4v) is 5.21. The lowest BCUT2D eigenvalue weighted by Crippen LogP contribution is -2.10. The van der Waals surface area contributed by atoms with Crippen LogP contribution in [0.4, 0.5) is 0 Å². The fraction of sp³-hybridized carbons (Fsp3) is 0.357. The van der Waals surface area contributed by atoms with E-state index < -0.39 is 0 Å². The van der Waals surface area contributed by atoms with Gasteiger partial charge in [-0.25, -0.2) is 0 Å². The summed E-state index contributed by atoms with van der Waals surface area (Å²) in [6.45, 7) is 10.2. The zero-order chi connectivity index (χ0) is 23.0. The van der Waals surface area contributed by atoms with E-state index >= 15 is 0 Å². The van der Waals surface area contributed by atoms with Crippen LogP contribution < -0.4 is 0 Å². The Bertz CT molecular complexity index is 1240. The molecule has 0 spiro atoms. The van der Waals surface area contributed by atoms with Gasteiger partial charge in [-0.15, -0.1) is 0 Å². The molecule has 1 aliphatic carbocycles. The zero-order valence-electron chi connectivity index (χ0n) is 19.7. The molecule has 0 N–H and O–H groups in total. The number of carbonyl (C=O) groups is 1. The van der Waals surface area contributed by atoms with Crippen molar-refractivity contribution < 1.29 is 4.79 Å². The summed E-state index contributed by atoms with van der Waals surface area (Å²) in [6, 6.07) is 15.0. The molecule has 0 amide bonds. The summed E-state index contributed by atoms with van der Waals surface area (Å²) < 4.78 is 4.47. The van der Waals surface area contributed by atoms with Gasteiger partial charge >= 0.3 is 0 Å². The summed E-state index contributed by atoms with van der Waals surface area (Å²) in [5.74, 6) is -0.190. The molecule has 0 bridgehead atoms. The second kappa shape index (κ2) is 8.67. The summed E-state index contributed by atoms with van der Waals surface area (Å²) in [5, 5.41) is 9.86. The Morgan fingerprint density at radius 1 is 0.969 bits per heavy atom. The molecule has 4 rings (SSSR count). The number of ketones is 1. The van der Waals surface area contributed by atoms with E-state index in [1.807, 2.05) is 32.9 Å². The lowest BCUT2D eigenvalue weighted by Gasteiger charge is -2.17. The normalized spacial score (nSPS) is 14.7. The van der Waals surface area contributed by atoms with E-state index in [-0.39, 0.29) is 11.4 Å². The van der Waals surface area contributed by atoms with Gasteiger partial charge in [0.2, 0.25) is 5.78 Å². The minimum atomic E-state index is -0.190. The zero-order valence-corrected chi connectivity index (χ0v) is 19.7. The van der Waals surface area contributed by atoms with Crippen LogP contribution in [0.1, 0.15) is 76.0 Å². The number of hydrogen-bond acceptors (Lipinski definition) is 2. The van der Waals surface area contributed by atoms with E-state index in [2.05, 4.69) is 53.3 Å². The van der Waals surface area contributed by atoms with Crippen molar-refractivity contribution in [1.82, 2.24) is 9.13 Å². The van der Waals surface area contributed by atoms with Gasteiger partial charge < -0.3 is 9.13 Å². The standard InChI is InChI=1S/C28H31N3O/c1-18-10-12-26(13-11-18)30-19(2)14-23(21(30)4)16-24(17-29)28(32)27-15-20(3)31(22(27)5)25-8-6-7-9-25/h10-16,25H,6-9H2,1-5H3/b24-16+. The smallest absolute Gasteiger partial charge is 0.205 e. The highest BCUT2D eigenvalue weighted by Gasteiger charge is 2.25. The maximum absolute atomic E-state index is 13.4. The van der Waals surface area contributed by atoms with Gasteiger partial charge in [0.25, 0.3) is 0 Å². The molecule has 4 nitrogen and oxygen atoms in total. The van der Waals surface area contributed by atoms with Gasteiger partial charge in [-0.1, -0.05) is 30.5 Å². The number of hydrogen-bond donors (Lipinski definition) is 0. The molecule has 1 saturated carbocycles. The van der Waals surface area contributed by atoms with E-state index in [0.29, 0.717) is 11.6 Å². The molecule has 0 radical (unpaired) electrons. The summed E-state index contributed by atoms with van der Waals surface area (Å²) >= 11 is 0. The number of Topliss-reactive ketones (excluding diaryl/α,β-unsaturated/α-hetero) is 1. The third-order valence-electron chi connectivity index (χ3n) is 6.85. The van der Waals surface area contributed by atoms with Crippen molar-refractivity contribution >= 4 is 11.9 Å². The summed E-state index contributed by atoms with van der Waals surface area (Å²) in [5.41, 5.74) is 8.19. The molecular formula is C28H31N3O. The average molecular weight is 426 g/mol. The van der Waals surface area contributed by atoms with Crippen LogP contribution in [0.15, 0.2) is 42.0 Å². The fourth-order valence-electron chi connectivity index (χ4n) is 5.21. The quantitative estimate of drug-likeness (QED) is 0.259. The Balaban J connectivity index is 1.71. The van der Waals surface area contributed by atoms with Crippen LogP contribution in [-0.4, -0.2) is 14.9 Å². The van der Waals surface area contributed by atoms with Crippen molar-refractivity contribution in [3.8, 4) is 11.8 Å². The van der Waals surface area contributed by atoms with E-state index in [1.165, 1.54) is 18.4 Å². The molecule has 2 heterocycles. The Labute approximate surface area is 190 Å². The molecular weight excluding hydrogens is 394 g/mol. The first-order valence-corrected chi connectivity index (χ1v) is 11.4. The molecule has 164 valence electrons. The molecule has 1 aromatic carbocycles. The lowest BCUT2D eigenvalue weighted by molar-refractivity contribution is 0.103. The minimum absolute atomic E-state index is 0.181. The highest BCUT2D eigenvalue weighted by atomic mass is 16.1. The second-order valence-electron chi connectivity index (χ2n) is 9.09. The van der Waals surface area contributed by atoms with Gasteiger partial charge in [-0.05, 0) is 83.4 Å². The topological polar surface area (TPSA) is 50.7 Å². The Kier molecular flexibility index (Phi) is 5.93. The molecule has 4 heteroatoms. The van der Waals surface area contributed by atoms with E-state index in [4.69, 9.17) is 0 Å². The van der Waals surface area contributed by atoms with Crippen molar-refractivity contribution in [1.29, 1.82) is 5.26 Å². The molecule has 1 fully saturated rings. The number of carbonyl (C=O) groups excluding carboxylic acids is 1. The Hall–Kier alpha value is -3.32. The molecule has 32 heavy (non-hydrogen) atoms. The van der Waals surface area contributed by atoms with Gasteiger partial charge in [0, 0.05) is 40.1 Å². The van der Waals surface area contributed by atoms with Crippen LogP contribution in [0.25, 0.3) is 11.8 Å². The minimum Gasteiger partial charge on any atom is -0.345 e. The van der Waals surface area contributed by atoms with Crippen LogP contribution in [0.5, 0.6) is 0 Å². The first-order chi connectivity index (χ1) is 15.3. The number of nitrogens with zero attached hydrogens (tertiary/aromatic N) is 3. The third-order valence-corrected chi connectivity index (χ3v) is 6.85. The predicted molar refractivity (Wildman–Crippen MR) is 129 cm³/mol. The third kappa shape index (κ3) is 3.84. The van der Waals surface area contributed by atoms with Gasteiger partial charge in [0.05, 0.1) is 0 Å². The van der Waals surface area contributed by atoms with Gasteiger partial charge in [-0.3, -0.25) is 4.79 Å². The highest BCUT2D eigenvalue weighted by Crippen LogP contribution is 2.34. The summed E-state index contributed by atoms with van der Waals surface area (Å²) in [6.07, 6.45) is 6.55. The van der Waals surface area contributed by atoms with E-state index in [9.17, 15) is 10.1 Å². The molecule has 0 unspecified atom stereocenters.